The van der Waals surface area contributed by atoms with Gasteiger partial charge in [0.2, 0.25) is 0 Å². The fraction of sp³-hybridized carbons (Fsp3) is 0.143. The molecule has 1 aromatic heterocycles. The van der Waals surface area contributed by atoms with Crippen LogP contribution in [-0.4, -0.2) is 9.97 Å². The number of benzene rings is 1. The zero-order valence-electron chi connectivity index (χ0n) is 10.4. The molecule has 0 spiro atoms. The first-order valence-electron chi connectivity index (χ1n) is 5.85. The second-order valence-corrected chi connectivity index (χ2v) is 4.59. The Balaban J connectivity index is 2.29. The van der Waals surface area contributed by atoms with Gasteiger partial charge in [0.1, 0.15) is 10.8 Å². The Labute approximate surface area is 116 Å². The number of rotatable bonds is 4. The van der Waals surface area contributed by atoms with Gasteiger partial charge in [-0.3, -0.25) is 4.98 Å². The smallest absolute Gasteiger partial charge is 0.135 e. The summed E-state index contributed by atoms with van der Waals surface area (Å²) in [6, 6.07) is 10.3. The van der Waals surface area contributed by atoms with Gasteiger partial charge < -0.3 is 11.1 Å². The molecule has 0 aliphatic rings. The van der Waals surface area contributed by atoms with Crippen LogP contribution in [0.1, 0.15) is 24.2 Å². The lowest BCUT2D eigenvalue weighted by atomic mass is 10.1. The molecule has 0 aliphatic heterocycles. The first-order chi connectivity index (χ1) is 9.09. The highest BCUT2D eigenvalue weighted by molar-refractivity contribution is 7.80. The van der Waals surface area contributed by atoms with E-state index in [1.807, 2.05) is 25.1 Å². The van der Waals surface area contributed by atoms with Gasteiger partial charge in [-0.15, -0.1) is 0 Å². The Morgan fingerprint density at radius 2 is 2.11 bits per heavy atom. The van der Waals surface area contributed by atoms with Crippen molar-refractivity contribution in [2.45, 2.75) is 13.0 Å². The summed E-state index contributed by atoms with van der Waals surface area (Å²) in [7, 11) is 0. The van der Waals surface area contributed by atoms with Crippen molar-refractivity contribution in [2.24, 2.45) is 5.73 Å². The molecule has 98 valence electrons. The molecule has 3 N–H and O–H groups in total. The van der Waals surface area contributed by atoms with Gasteiger partial charge in [0, 0.05) is 11.9 Å². The van der Waals surface area contributed by atoms with Gasteiger partial charge in [-0.25, -0.2) is 4.39 Å². The fourth-order valence-electron chi connectivity index (χ4n) is 1.83. The number of nitrogens with zero attached hydrogens (tertiary/aromatic N) is 1. The maximum Gasteiger partial charge on any atom is 0.135 e. The predicted molar refractivity (Wildman–Crippen MR) is 78.6 cm³/mol. The summed E-state index contributed by atoms with van der Waals surface area (Å²) in [5, 5.41) is 3.18. The predicted octanol–water partition coefficient (Wildman–Crippen LogP) is 3.03. The van der Waals surface area contributed by atoms with Gasteiger partial charge in [0.15, 0.2) is 0 Å². The Morgan fingerprint density at radius 3 is 2.74 bits per heavy atom. The van der Waals surface area contributed by atoms with Crippen molar-refractivity contribution >= 4 is 22.9 Å². The van der Waals surface area contributed by atoms with Crippen molar-refractivity contribution in [1.82, 2.24) is 4.98 Å². The molecule has 0 amide bonds. The van der Waals surface area contributed by atoms with E-state index in [0.29, 0.717) is 5.69 Å². The number of nitrogens with one attached hydrogen (secondary N) is 1. The molecular formula is C14H14FN3S. The third-order valence-electron chi connectivity index (χ3n) is 2.76. The van der Waals surface area contributed by atoms with Crippen LogP contribution < -0.4 is 11.1 Å². The summed E-state index contributed by atoms with van der Waals surface area (Å²) >= 11 is 4.89. The van der Waals surface area contributed by atoms with Crippen LogP contribution in [0.15, 0.2) is 42.6 Å². The number of anilines is 1. The maximum absolute atomic E-state index is 13.7. The molecule has 1 atom stereocenters. The van der Waals surface area contributed by atoms with Crippen LogP contribution >= 0.6 is 12.2 Å². The summed E-state index contributed by atoms with van der Waals surface area (Å²) in [5.74, 6) is -0.425. The van der Waals surface area contributed by atoms with Crippen LogP contribution in [0.2, 0.25) is 0 Å². The van der Waals surface area contributed by atoms with Gasteiger partial charge in [0.25, 0.3) is 0 Å². The van der Waals surface area contributed by atoms with E-state index < -0.39 is 5.82 Å². The molecule has 2 aromatic rings. The van der Waals surface area contributed by atoms with Crippen molar-refractivity contribution in [3.8, 4) is 0 Å². The standard InChI is InChI=1S/C14H14FN3S/c1-9(11-6-2-3-8-17-11)18-12-7-4-5-10(15)13(12)14(16)19/h2-9,18H,1H3,(H2,16,19). The maximum atomic E-state index is 13.7. The van der Waals surface area contributed by atoms with Crippen LogP contribution in [0.3, 0.4) is 0 Å². The van der Waals surface area contributed by atoms with Gasteiger partial charge >= 0.3 is 0 Å². The third kappa shape index (κ3) is 3.06. The number of halogens is 1. The van der Waals surface area contributed by atoms with Gasteiger partial charge in [-0.1, -0.05) is 24.4 Å². The van der Waals surface area contributed by atoms with Crippen LogP contribution in [0, 0.1) is 5.82 Å². The highest BCUT2D eigenvalue weighted by Gasteiger charge is 2.14. The number of pyridine rings is 1. The third-order valence-corrected chi connectivity index (χ3v) is 2.97. The van der Waals surface area contributed by atoms with Crippen molar-refractivity contribution < 1.29 is 4.39 Å². The van der Waals surface area contributed by atoms with E-state index in [-0.39, 0.29) is 16.6 Å². The first-order valence-corrected chi connectivity index (χ1v) is 6.26. The van der Waals surface area contributed by atoms with Gasteiger partial charge in [0.05, 0.1) is 17.3 Å². The molecule has 0 aliphatic carbocycles. The van der Waals surface area contributed by atoms with E-state index in [9.17, 15) is 4.39 Å². The molecule has 3 nitrogen and oxygen atoms in total. The zero-order valence-corrected chi connectivity index (χ0v) is 11.2. The number of hydrogen-bond donors (Lipinski definition) is 2. The Morgan fingerprint density at radius 1 is 1.32 bits per heavy atom. The van der Waals surface area contributed by atoms with E-state index in [1.165, 1.54) is 6.07 Å². The number of hydrogen-bond acceptors (Lipinski definition) is 3. The monoisotopic (exact) mass is 275 g/mol. The average molecular weight is 275 g/mol. The molecule has 19 heavy (non-hydrogen) atoms. The molecule has 0 bridgehead atoms. The molecule has 0 saturated heterocycles. The normalized spacial score (nSPS) is 11.9. The summed E-state index contributed by atoms with van der Waals surface area (Å²) in [5.41, 5.74) is 7.24. The highest BCUT2D eigenvalue weighted by atomic mass is 32.1. The van der Waals surface area contributed by atoms with Gasteiger partial charge in [-0.2, -0.15) is 0 Å². The Bertz CT molecular complexity index is 586. The minimum Gasteiger partial charge on any atom is -0.389 e. The van der Waals surface area contributed by atoms with Gasteiger partial charge in [-0.05, 0) is 31.2 Å². The molecule has 1 unspecified atom stereocenters. The summed E-state index contributed by atoms with van der Waals surface area (Å²) in [6.45, 7) is 1.94. The second-order valence-electron chi connectivity index (χ2n) is 4.15. The lowest BCUT2D eigenvalue weighted by Crippen LogP contribution is -2.17. The van der Waals surface area contributed by atoms with Crippen LogP contribution in [0.4, 0.5) is 10.1 Å². The van der Waals surface area contributed by atoms with E-state index in [0.717, 1.165) is 5.69 Å². The first kappa shape index (κ1) is 13.4. The number of aromatic nitrogens is 1. The Hall–Kier alpha value is -2.01. The van der Waals surface area contributed by atoms with Crippen LogP contribution in [-0.2, 0) is 0 Å². The summed E-state index contributed by atoms with van der Waals surface area (Å²) in [4.78, 5) is 4.29. The van der Waals surface area contributed by atoms with Crippen molar-refractivity contribution in [3.05, 3.63) is 59.7 Å². The molecule has 1 aromatic carbocycles. The molecule has 5 heteroatoms. The molecule has 0 radical (unpaired) electrons. The van der Waals surface area contributed by atoms with Crippen LogP contribution in [0.25, 0.3) is 0 Å². The van der Waals surface area contributed by atoms with E-state index in [1.54, 1.807) is 18.3 Å². The van der Waals surface area contributed by atoms with Crippen molar-refractivity contribution in [3.63, 3.8) is 0 Å². The second kappa shape index (κ2) is 5.75. The van der Waals surface area contributed by atoms with E-state index in [4.69, 9.17) is 18.0 Å². The lowest BCUT2D eigenvalue weighted by molar-refractivity contribution is 0.625. The SMILES string of the molecule is CC(Nc1cccc(F)c1C(N)=S)c1ccccn1. The average Bonchev–Trinajstić information content (AvgIpc) is 2.39. The Kier molecular flexibility index (Phi) is 4.06. The quantitative estimate of drug-likeness (QED) is 0.842. The topological polar surface area (TPSA) is 50.9 Å². The largest absolute Gasteiger partial charge is 0.389 e. The molecule has 1 heterocycles. The minimum atomic E-state index is -0.425. The van der Waals surface area contributed by atoms with Crippen LogP contribution in [0.5, 0.6) is 0 Å². The van der Waals surface area contributed by atoms with Crippen molar-refractivity contribution in [2.75, 3.05) is 5.32 Å². The van der Waals surface area contributed by atoms with E-state index in [2.05, 4.69) is 10.3 Å². The number of thiocarbonyl (C=S) groups is 1. The zero-order chi connectivity index (χ0) is 13.8. The highest BCUT2D eigenvalue weighted by Crippen LogP contribution is 2.23. The minimum absolute atomic E-state index is 0.0359. The van der Waals surface area contributed by atoms with E-state index >= 15 is 0 Å². The molecule has 0 fully saturated rings. The summed E-state index contributed by atoms with van der Waals surface area (Å²) in [6.07, 6.45) is 1.72. The molecular weight excluding hydrogens is 261 g/mol. The molecule has 2 rings (SSSR count). The molecule has 0 saturated carbocycles. The lowest BCUT2D eigenvalue weighted by Gasteiger charge is -2.17. The fourth-order valence-corrected chi connectivity index (χ4v) is 2.04. The van der Waals surface area contributed by atoms with Crippen molar-refractivity contribution in [1.29, 1.82) is 0 Å². The summed E-state index contributed by atoms with van der Waals surface area (Å²) < 4.78 is 13.7. The number of nitrogens with two attached hydrogens (primary N) is 1.